The van der Waals surface area contributed by atoms with Crippen molar-refractivity contribution in [1.29, 1.82) is 0 Å². The predicted octanol–water partition coefficient (Wildman–Crippen LogP) is 5.70. The lowest BCUT2D eigenvalue weighted by Gasteiger charge is -2.29. The van der Waals surface area contributed by atoms with Gasteiger partial charge in [-0.2, -0.15) is 0 Å². The van der Waals surface area contributed by atoms with Gasteiger partial charge in [-0.15, -0.1) is 0 Å². The molecule has 158 valence electrons. The molecule has 1 rings (SSSR count). The van der Waals surface area contributed by atoms with Crippen LogP contribution in [0.2, 0.25) is 10.0 Å². The maximum Gasteiger partial charge on any atom is 0.309 e. The van der Waals surface area contributed by atoms with E-state index < -0.39 is 35.7 Å². The topological polar surface area (TPSA) is 61.8 Å². The Kier molecular flexibility index (Phi) is 9.09. The van der Waals surface area contributed by atoms with Crippen LogP contribution in [0.25, 0.3) is 0 Å². The van der Waals surface area contributed by atoms with E-state index in [-0.39, 0.29) is 12.3 Å². The molecule has 0 radical (unpaired) electrons. The SMILES string of the molecule is CC(C)[C@@H](OC(=O)[C@H](C)CC(=O)OC(C)(C)C)[C@H](C)Oc1ccc(Cl)cc1Cl. The quantitative estimate of drug-likeness (QED) is 0.493. The molecule has 0 aliphatic carbocycles. The molecule has 0 bridgehead atoms. The fraction of sp³-hybridized carbons (Fsp3) is 0.619. The molecule has 0 N–H and O–H groups in total. The summed E-state index contributed by atoms with van der Waals surface area (Å²) in [6.07, 6.45) is -1.00. The predicted molar refractivity (Wildman–Crippen MR) is 111 cm³/mol. The van der Waals surface area contributed by atoms with Gasteiger partial charge < -0.3 is 14.2 Å². The summed E-state index contributed by atoms with van der Waals surface area (Å²) in [5.74, 6) is -1.07. The fourth-order valence-corrected chi connectivity index (χ4v) is 3.03. The molecule has 0 fully saturated rings. The summed E-state index contributed by atoms with van der Waals surface area (Å²) in [5.41, 5.74) is -0.596. The number of esters is 2. The Labute approximate surface area is 177 Å². The van der Waals surface area contributed by atoms with Gasteiger partial charge in [0.05, 0.1) is 17.4 Å². The second-order valence-corrected chi connectivity index (χ2v) is 9.08. The van der Waals surface area contributed by atoms with Gasteiger partial charge in [0.25, 0.3) is 0 Å². The van der Waals surface area contributed by atoms with Crippen LogP contribution in [-0.2, 0) is 19.1 Å². The van der Waals surface area contributed by atoms with Crippen molar-refractivity contribution in [3.63, 3.8) is 0 Å². The monoisotopic (exact) mass is 432 g/mol. The first-order valence-electron chi connectivity index (χ1n) is 9.34. The first-order chi connectivity index (χ1) is 12.8. The smallest absolute Gasteiger partial charge is 0.309 e. The summed E-state index contributed by atoms with van der Waals surface area (Å²) in [5, 5.41) is 0.888. The minimum Gasteiger partial charge on any atom is -0.485 e. The van der Waals surface area contributed by atoms with Crippen molar-refractivity contribution in [1.82, 2.24) is 0 Å². The summed E-state index contributed by atoms with van der Waals surface area (Å²) in [6.45, 7) is 12.7. The van der Waals surface area contributed by atoms with Crippen LogP contribution in [-0.4, -0.2) is 29.7 Å². The highest BCUT2D eigenvalue weighted by molar-refractivity contribution is 6.35. The second-order valence-electron chi connectivity index (χ2n) is 8.23. The Hall–Kier alpha value is -1.46. The van der Waals surface area contributed by atoms with Gasteiger partial charge in [0.15, 0.2) is 0 Å². The summed E-state index contributed by atoms with van der Waals surface area (Å²) in [7, 11) is 0. The minimum atomic E-state index is -0.623. The molecule has 7 heteroatoms. The van der Waals surface area contributed by atoms with Gasteiger partial charge in [-0.1, -0.05) is 44.0 Å². The van der Waals surface area contributed by atoms with Crippen molar-refractivity contribution in [2.45, 2.75) is 72.7 Å². The summed E-state index contributed by atoms with van der Waals surface area (Å²) >= 11 is 12.1. The first-order valence-corrected chi connectivity index (χ1v) is 10.1. The van der Waals surface area contributed by atoms with Gasteiger partial charge in [0, 0.05) is 5.02 Å². The zero-order valence-corrected chi connectivity index (χ0v) is 19.1. The fourth-order valence-electron chi connectivity index (χ4n) is 2.58. The van der Waals surface area contributed by atoms with Gasteiger partial charge in [0.1, 0.15) is 23.6 Å². The van der Waals surface area contributed by atoms with E-state index in [1.54, 1.807) is 52.8 Å². The molecular formula is C21H30Cl2O5. The van der Waals surface area contributed by atoms with E-state index in [2.05, 4.69) is 0 Å². The molecule has 28 heavy (non-hydrogen) atoms. The van der Waals surface area contributed by atoms with Crippen LogP contribution >= 0.6 is 23.2 Å². The maximum absolute atomic E-state index is 12.5. The molecule has 3 atom stereocenters. The van der Waals surface area contributed by atoms with Crippen molar-refractivity contribution < 1.29 is 23.8 Å². The summed E-state index contributed by atoms with van der Waals surface area (Å²) in [4.78, 5) is 24.5. The zero-order chi connectivity index (χ0) is 21.6. The normalized spacial score (nSPS) is 14.9. The lowest BCUT2D eigenvalue weighted by molar-refractivity contribution is -0.167. The third-order valence-corrected chi connectivity index (χ3v) is 4.40. The molecule has 0 unspecified atom stereocenters. The number of carbonyl (C=O) groups excluding carboxylic acids is 2. The molecule has 5 nitrogen and oxygen atoms in total. The first kappa shape index (κ1) is 24.6. The van der Waals surface area contributed by atoms with Crippen LogP contribution in [0.15, 0.2) is 18.2 Å². The molecule has 0 amide bonds. The number of hydrogen-bond acceptors (Lipinski definition) is 5. The number of carbonyl (C=O) groups is 2. The highest BCUT2D eigenvalue weighted by Gasteiger charge is 2.30. The zero-order valence-electron chi connectivity index (χ0n) is 17.5. The van der Waals surface area contributed by atoms with Crippen LogP contribution < -0.4 is 4.74 Å². The molecule has 1 aromatic carbocycles. The van der Waals surface area contributed by atoms with Gasteiger partial charge in [-0.25, -0.2) is 0 Å². The summed E-state index contributed by atoms with van der Waals surface area (Å²) < 4.78 is 16.8. The maximum atomic E-state index is 12.5. The highest BCUT2D eigenvalue weighted by atomic mass is 35.5. The van der Waals surface area contributed by atoms with Crippen LogP contribution in [0.3, 0.4) is 0 Å². The van der Waals surface area contributed by atoms with Gasteiger partial charge in [-0.05, 0) is 51.8 Å². The Balaban J connectivity index is 2.74. The van der Waals surface area contributed by atoms with E-state index >= 15 is 0 Å². The third-order valence-electron chi connectivity index (χ3n) is 3.87. The van der Waals surface area contributed by atoms with E-state index in [0.717, 1.165) is 0 Å². The van der Waals surface area contributed by atoms with Crippen molar-refractivity contribution in [2.75, 3.05) is 0 Å². The molecule has 0 aromatic heterocycles. The van der Waals surface area contributed by atoms with Crippen molar-refractivity contribution in [2.24, 2.45) is 11.8 Å². The Morgan fingerprint density at radius 3 is 2.18 bits per heavy atom. The lowest BCUT2D eigenvalue weighted by atomic mass is 10.0. The number of hydrogen-bond donors (Lipinski definition) is 0. The third kappa shape index (κ3) is 8.27. The van der Waals surface area contributed by atoms with Gasteiger partial charge in [0.2, 0.25) is 0 Å². The largest absolute Gasteiger partial charge is 0.485 e. The van der Waals surface area contributed by atoms with E-state index in [4.69, 9.17) is 37.4 Å². The second kappa shape index (κ2) is 10.4. The number of rotatable bonds is 8. The molecule has 0 spiro atoms. The Morgan fingerprint density at radius 1 is 1.07 bits per heavy atom. The van der Waals surface area contributed by atoms with E-state index in [0.29, 0.717) is 15.8 Å². The van der Waals surface area contributed by atoms with Crippen LogP contribution in [0, 0.1) is 11.8 Å². The van der Waals surface area contributed by atoms with Gasteiger partial charge in [-0.3, -0.25) is 9.59 Å². The number of ether oxygens (including phenoxy) is 3. The average Bonchev–Trinajstić information content (AvgIpc) is 2.52. The molecule has 0 saturated heterocycles. The minimum absolute atomic E-state index is 0.00116. The molecular weight excluding hydrogens is 403 g/mol. The van der Waals surface area contributed by atoms with E-state index in [9.17, 15) is 9.59 Å². The standard InChI is InChI=1S/C21H30Cl2O5/c1-12(2)19(14(4)26-17-9-8-15(22)11-16(17)23)27-20(25)13(3)10-18(24)28-21(5,6)7/h8-9,11-14,19H,10H2,1-7H3/t13-,14+,19-/m1/s1. The number of halogens is 2. The van der Waals surface area contributed by atoms with Crippen molar-refractivity contribution in [3.8, 4) is 5.75 Å². The molecule has 0 aliphatic rings. The van der Waals surface area contributed by atoms with Crippen LogP contribution in [0.5, 0.6) is 5.75 Å². The van der Waals surface area contributed by atoms with E-state index in [1.165, 1.54) is 0 Å². The van der Waals surface area contributed by atoms with Gasteiger partial charge >= 0.3 is 11.9 Å². The lowest BCUT2D eigenvalue weighted by Crippen LogP contribution is -2.39. The molecule has 0 saturated carbocycles. The average molecular weight is 433 g/mol. The molecule has 1 aromatic rings. The van der Waals surface area contributed by atoms with Crippen LogP contribution in [0.4, 0.5) is 0 Å². The number of benzene rings is 1. The Bertz CT molecular complexity index is 682. The van der Waals surface area contributed by atoms with Crippen molar-refractivity contribution in [3.05, 3.63) is 28.2 Å². The molecule has 0 aliphatic heterocycles. The molecule has 0 heterocycles. The van der Waals surface area contributed by atoms with Crippen molar-refractivity contribution >= 4 is 35.1 Å². The summed E-state index contributed by atoms with van der Waals surface area (Å²) in [6, 6.07) is 4.94. The van der Waals surface area contributed by atoms with Crippen LogP contribution in [0.1, 0.15) is 54.9 Å². The highest BCUT2D eigenvalue weighted by Crippen LogP contribution is 2.30. The van der Waals surface area contributed by atoms with E-state index in [1.807, 2.05) is 13.8 Å². The Morgan fingerprint density at radius 2 is 1.68 bits per heavy atom.